The largest absolute Gasteiger partial charge is 0.382 e. The van der Waals surface area contributed by atoms with Crippen LogP contribution in [0, 0.1) is 6.92 Å². The van der Waals surface area contributed by atoms with Gasteiger partial charge in [0, 0.05) is 25.4 Å². The van der Waals surface area contributed by atoms with Crippen molar-refractivity contribution < 1.29 is 4.79 Å². The van der Waals surface area contributed by atoms with E-state index in [-0.39, 0.29) is 12.5 Å². The van der Waals surface area contributed by atoms with Crippen LogP contribution in [0.25, 0.3) is 0 Å². The molecule has 0 aliphatic heterocycles. The Morgan fingerprint density at radius 1 is 1.71 bits per heavy atom. The summed E-state index contributed by atoms with van der Waals surface area (Å²) >= 11 is 0. The molecule has 5 nitrogen and oxygen atoms in total. The predicted molar refractivity (Wildman–Crippen MR) is 54.7 cm³/mol. The molecule has 0 unspecified atom stereocenters. The maximum Gasteiger partial charge on any atom is 0.244 e. The Bertz CT molecular complexity index is 332. The van der Waals surface area contributed by atoms with Crippen molar-refractivity contribution in [1.29, 1.82) is 0 Å². The highest BCUT2D eigenvalue weighted by atomic mass is 16.2. The Kier molecular flexibility index (Phi) is 3.11. The van der Waals surface area contributed by atoms with Crippen LogP contribution in [-0.4, -0.2) is 34.2 Å². The molecule has 1 heterocycles. The van der Waals surface area contributed by atoms with E-state index in [1.807, 2.05) is 13.8 Å². The molecule has 0 fully saturated rings. The quantitative estimate of drug-likeness (QED) is 0.753. The summed E-state index contributed by atoms with van der Waals surface area (Å²) < 4.78 is 1.61. The third-order valence-electron chi connectivity index (χ3n) is 2.19. The average Bonchev–Trinajstić information content (AvgIpc) is 2.44. The van der Waals surface area contributed by atoms with Crippen molar-refractivity contribution in [3.05, 3.63) is 11.8 Å². The normalized spacial score (nSPS) is 10.2. The summed E-state index contributed by atoms with van der Waals surface area (Å²) in [6, 6.07) is 1.75. The molecule has 1 rings (SSSR count). The third kappa shape index (κ3) is 2.25. The molecule has 0 bridgehead atoms. The van der Waals surface area contributed by atoms with E-state index in [2.05, 4.69) is 5.10 Å². The molecule has 0 spiro atoms. The highest BCUT2D eigenvalue weighted by Crippen LogP contribution is 2.04. The second kappa shape index (κ2) is 4.13. The molecule has 1 aromatic heterocycles. The van der Waals surface area contributed by atoms with Crippen LogP contribution < -0.4 is 5.73 Å². The molecule has 0 aliphatic carbocycles. The molecule has 14 heavy (non-hydrogen) atoms. The zero-order chi connectivity index (χ0) is 10.7. The SMILES string of the molecule is CCN(C)C(=O)Cn1nc(N)cc1C. The van der Waals surface area contributed by atoms with Crippen LogP contribution in [0.1, 0.15) is 12.6 Å². The lowest BCUT2D eigenvalue weighted by Gasteiger charge is -2.14. The number of aromatic nitrogens is 2. The van der Waals surface area contributed by atoms with E-state index in [1.54, 1.807) is 22.7 Å². The molecular weight excluding hydrogens is 180 g/mol. The van der Waals surface area contributed by atoms with Gasteiger partial charge in [0.15, 0.2) is 0 Å². The number of nitrogens with zero attached hydrogens (tertiary/aromatic N) is 3. The zero-order valence-corrected chi connectivity index (χ0v) is 8.82. The summed E-state index contributed by atoms with van der Waals surface area (Å²) in [5.41, 5.74) is 6.41. The molecule has 2 N–H and O–H groups in total. The maximum absolute atomic E-state index is 11.5. The number of aryl methyl sites for hydroxylation is 1. The minimum atomic E-state index is 0.0405. The number of hydrogen-bond acceptors (Lipinski definition) is 3. The van der Waals surface area contributed by atoms with E-state index in [1.165, 1.54) is 0 Å². The number of carbonyl (C=O) groups is 1. The van der Waals surface area contributed by atoms with Crippen molar-refractivity contribution >= 4 is 11.7 Å². The summed E-state index contributed by atoms with van der Waals surface area (Å²) in [6.07, 6.45) is 0. The standard InChI is InChI=1S/C9H16N4O/c1-4-12(3)9(14)6-13-7(2)5-8(10)11-13/h5H,4,6H2,1-3H3,(H2,10,11). The fourth-order valence-electron chi connectivity index (χ4n) is 1.12. The van der Waals surface area contributed by atoms with Crippen molar-refractivity contribution in [2.45, 2.75) is 20.4 Å². The van der Waals surface area contributed by atoms with Crippen molar-refractivity contribution in [2.24, 2.45) is 0 Å². The van der Waals surface area contributed by atoms with E-state index >= 15 is 0 Å². The molecule has 0 radical (unpaired) electrons. The number of hydrogen-bond donors (Lipinski definition) is 1. The van der Waals surface area contributed by atoms with Crippen LogP contribution in [0.2, 0.25) is 0 Å². The van der Waals surface area contributed by atoms with Crippen LogP contribution in [-0.2, 0) is 11.3 Å². The van der Waals surface area contributed by atoms with Gasteiger partial charge in [-0.3, -0.25) is 9.48 Å². The number of nitrogens with two attached hydrogens (primary N) is 1. The number of anilines is 1. The van der Waals surface area contributed by atoms with Crippen molar-refractivity contribution in [3.8, 4) is 0 Å². The van der Waals surface area contributed by atoms with E-state index in [0.29, 0.717) is 12.4 Å². The van der Waals surface area contributed by atoms with Gasteiger partial charge < -0.3 is 10.6 Å². The lowest BCUT2D eigenvalue weighted by atomic mass is 10.4. The van der Waals surface area contributed by atoms with Gasteiger partial charge in [-0.2, -0.15) is 5.10 Å². The molecule has 0 aromatic carbocycles. The summed E-state index contributed by atoms with van der Waals surface area (Å²) in [7, 11) is 1.77. The smallest absolute Gasteiger partial charge is 0.244 e. The van der Waals surface area contributed by atoms with Gasteiger partial charge in [0.2, 0.25) is 5.91 Å². The summed E-state index contributed by atoms with van der Waals surface area (Å²) in [6.45, 7) is 4.77. The van der Waals surface area contributed by atoms with Gasteiger partial charge in [-0.1, -0.05) is 0 Å². The van der Waals surface area contributed by atoms with Gasteiger partial charge in [-0.05, 0) is 13.8 Å². The fraction of sp³-hybridized carbons (Fsp3) is 0.556. The number of rotatable bonds is 3. The number of likely N-dealkylation sites (N-methyl/N-ethyl adjacent to an activating group) is 1. The van der Waals surface area contributed by atoms with Crippen LogP contribution in [0.15, 0.2) is 6.07 Å². The minimum Gasteiger partial charge on any atom is -0.382 e. The molecule has 5 heteroatoms. The van der Waals surface area contributed by atoms with Gasteiger partial charge in [-0.25, -0.2) is 0 Å². The third-order valence-corrected chi connectivity index (χ3v) is 2.19. The summed E-state index contributed by atoms with van der Waals surface area (Å²) in [5.74, 6) is 0.494. The topological polar surface area (TPSA) is 64.2 Å². The second-order valence-electron chi connectivity index (χ2n) is 3.28. The lowest BCUT2D eigenvalue weighted by molar-refractivity contribution is -0.130. The number of nitrogen functional groups attached to an aromatic ring is 1. The van der Waals surface area contributed by atoms with Gasteiger partial charge >= 0.3 is 0 Å². The van der Waals surface area contributed by atoms with E-state index < -0.39 is 0 Å². The first-order valence-electron chi connectivity index (χ1n) is 4.58. The molecule has 1 amide bonds. The van der Waals surface area contributed by atoms with Crippen LogP contribution in [0.5, 0.6) is 0 Å². The summed E-state index contributed by atoms with van der Waals surface area (Å²) in [4.78, 5) is 13.2. The Labute approximate surface area is 83.5 Å². The van der Waals surface area contributed by atoms with E-state index in [0.717, 1.165) is 5.69 Å². The molecule has 0 aliphatic rings. The van der Waals surface area contributed by atoms with Crippen LogP contribution >= 0.6 is 0 Å². The lowest BCUT2D eigenvalue weighted by Crippen LogP contribution is -2.30. The first kappa shape index (κ1) is 10.6. The highest BCUT2D eigenvalue weighted by Gasteiger charge is 2.09. The zero-order valence-electron chi connectivity index (χ0n) is 8.82. The molecular formula is C9H16N4O. The van der Waals surface area contributed by atoms with Crippen molar-refractivity contribution in [3.63, 3.8) is 0 Å². The second-order valence-corrected chi connectivity index (χ2v) is 3.28. The molecule has 0 saturated heterocycles. The first-order chi connectivity index (χ1) is 6.54. The Morgan fingerprint density at radius 3 is 2.79 bits per heavy atom. The minimum absolute atomic E-state index is 0.0405. The maximum atomic E-state index is 11.5. The highest BCUT2D eigenvalue weighted by molar-refractivity contribution is 5.75. The van der Waals surface area contributed by atoms with Crippen molar-refractivity contribution in [2.75, 3.05) is 19.3 Å². The van der Waals surface area contributed by atoms with Gasteiger partial charge in [0.25, 0.3) is 0 Å². The fourth-order valence-corrected chi connectivity index (χ4v) is 1.12. The Hall–Kier alpha value is -1.52. The molecule has 78 valence electrons. The average molecular weight is 196 g/mol. The van der Waals surface area contributed by atoms with Crippen LogP contribution in [0.4, 0.5) is 5.82 Å². The molecule has 0 atom stereocenters. The Balaban J connectivity index is 2.69. The summed E-state index contributed by atoms with van der Waals surface area (Å²) in [5, 5.41) is 4.01. The monoisotopic (exact) mass is 196 g/mol. The first-order valence-corrected chi connectivity index (χ1v) is 4.58. The number of amides is 1. The van der Waals surface area contributed by atoms with Crippen molar-refractivity contribution in [1.82, 2.24) is 14.7 Å². The molecule has 1 aromatic rings. The van der Waals surface area contributed by atoms with E-state index in [4.69, 9.17) is 5.73 Å². The van der Waals surface area contributed by atoms with Crippen LogP contribution in [0.3, 0.4) is 0 Å². The van der Waals surface area contributed by atoms with Gasteiger partial charge in [0.05, 0.1) is 0 Å². The van der Waals surface area contributed by atoms with E-state index in [9.17, 15) is 4.79 Å². The van der Waals surface area contributed by atoms with Gasteiger partial charge in [-0.15, -0.1) is 0 Å². The number of carbonyl (C=O) groups excluding carboxylic acids is 1. The molecule has 0 saturated carbocycles. The predicted octanol–water partition coefficient (Wildman–Crippen LogP) is 0.252. The Morgan fingerprint density at radius 2 is 2.36 bits per heavy atom. The van der Waals surface area contributed by atoms with Gasteiger partial charge in [0.1, 0.15) is 12.4 Å².